The molecule has 0 atom stereocenters. The van der Waals surface area contributed by atoms with E-state index < -0.39 is 0 Å². The minimum Gasteiger partial charge on any atom is -0.359 e. The molecule has 0 bridgehead atoms. The molecule has 0 radical (unpaired) electrons. The molecule has 12 heavy (non-hydrogen) atoms. The predicted molar refractivity (Wildman–Crippen MR) is 43.0 cm³/mol. The summed E-state index contributed by atoms with van der Waals surface area (Å²) in [5, 5.41) is 14.9. The molecule has 0 amide bonds. The second-order valence-corrected chi connectivity index (χ2v) is 3.00. The Kier molecular flexibility index (Phi) is 1.59. The van der Waals surface area contributed by atoms with Crippen LogP contribution in [0.2, 0.25) is 10.0 Å². The summed E-state index contributed by atoms with van der Waals surface area (Å²) in [5.41, 5.74) is 0.656. The fourth-order valence-electron chi connectivity index (χ4n) is 0.870. The monoisotopic (exact) mass is 204 g/mol. The lowest BCUT2D eigenvalue weighted by molar-refractivity contribution is -0.782. The third-order valence-corrected chi connectivity index (χ3v) is 2.15. The van der Waals surface area contributed by atoms with Crippen molar-refractivity contribution in [2.24, 2.45) is 0 Å². The van der Waals surface area contributed by atoms with E-state index in [0.29, 0.717) is 15.6 Å². The van der Waals surface area contributed by atoms with Crippen molar-refractivity contribution >= 4 is 34.2 Å². The van der Waals surface area contributed by atoms with Gasteiger partial charge in [-0.3, -0.25) is 4.63 Å². The number of aromatic nitrogens is 2. The fourth-order valence-corrected chi connectivity index (χ4v) is 1.19. The molecule has 0 aliphatic carbocycles. The molecule has 1 heterocycles. The van der Waals surface area contributed by atoms with Crippen LogP contribution in [0, 0.1) is 5.21 Å². The molecule has 0 spiro atoms. The van der Waals surface area contributed by atoms with Gasteiger partial charge in [0.05, 0.1) is 10.0 Å². The second-order valence-electron chi connectivity index (χ2n) is 2.19. The molecule has 0 aliphatic heterocycles. The number of rotatable bonds is 0. The summed E-state index contributed by atoms with van der Waals surface area (Å²) in [5.74, 6) is 0. The molecule has 4 nitrogen and oxygen atoms in total. The SMILES string of the molecule is [O-][n+]1onc2cc(Cl)c(Cl)cc21. The van der Waals surface area contributed by atoms with E-state index in [0.717, 1.165) is 0 Å². The molecule has 2 rings (SSSR count). The van der Waals surface area contributed by atoms with E-state index in [9.17, 15) is 5.21 Å². The van der Waals surface area contributed by atoms with Crippen molar-refractivity contribution in [3.63, 3.8) is 0 Å². The summed E-state index contributed by atoms with van der Waals surface area (Å²) >= 11 is 11.3. The Balaban J connectivity index is 2.87. The number of nitrogens with zero attached hydrogens (tertiary/aromatic N) is 2. The average molecular weight is 205 g/mol. The first-order valence-electron chi connectivity index (χ1n) is 3.03. The van der Waals surface area contributed by atoms with Gasteiger partial charge in [-0.1, -0.05) is 23.2 Å². The molecule has 62 valence electrons. The van der Waals surface area contributed by atoms with Crippen molar-refractivity contribution in [2.45, 2.75) is 0 Å². The van der Waals surface area contributed by atoms with E-state index in [-0.39, 0.29) is 10.4 Å². The average Bonchev–Trinajstić information content (AvgIpc) is 2.35. The highest BCUT2D eigenvalue weighted by molar-refractivity contribution is 6.42. The molecule has 0 unspecified atom stereocenters. The maximum absolute atomic E-state index is 10.8. The Labute approximate surface area is 76.8 Å². The van der Waals surface area contributed by atoms with Crippen molar-refractivity contribution in [1.82, 2.24) is 5.16 Å². The van der Waals surface area contributed by atoms with Crippen LogP contribution in [0.1, 0.15) is 0 Å². The smallest absolute Gasteiger partial charge is 0.250 e. The van der Waals surface area contributed by atoms with Crippen LogP contribution in [-0.2, 0) is 0 Å². The first-order valence-corrected chi connectivity index (χ1v) is 3.78. The van der Waals surface area contributed by atoms with Crippen LogP contribution in [0.25, 0.3) is 11.0 Å². The topological polar surface area (TPSA) is 53.0 Å². The third kappa shape index (κ3) is 1.00. The van der Waals surface area contributed by atoms with Crippen LogP contribution in [0.5, 0.6) is 0 Å². The molecule has 0 saturated carbocycles. The number of fused-ring (bicyclic) bond motifs is 1. The van der Waals surface area contributed by atoms with Crippen LogP contribution in [0.3, 0.4) is 0 Å². The zero-order valence-corrected chi connectivity index (χ0v) is 7.13. The zero-order chi connectivity index (χ0) is 8.72. The highest BCUT2D eigenvalue weighted by Crippen LogP contribution is 2.25. The van der Waals surface area contributed by atoms with E-state index in [1.165, 1.54) is 12.1 Å². The molecule has 6 heteroatoms. The first-order chi connectivity index (χ1) is 5.68. The Morgan fingerprint density at radius 3 is 2.75 bits per heavy atom. The maximum Gasteiger partial charge on any atom is 0.250 e. The molecular weight excluding hydrogens is 203 g/mol. The summed E-state index contributed by atoms with van der Waals surface area (Å²) in [4.78, 5) is 0.275. The van der Waals surface area contributed by atoms with Gasteiger partial charge < -0.3 is 5.21 Å². The molecule has 0 N–H and O–H groups in total. The van der Waals surface area contributed by atoms with E-state index in [1.807, 2.05) is 0 Å². The summed E-state index contributed by atoms with van der Waals surface area (Å²) in [6, 6.07) is 2.87. The Morgan fingerprint density at radius 1 is 1.33 bits per heavy atom. The van der Waals surface area contributed by atoms with Crippen LogP contribution >= 0.6 is 23.2 Å². The van der Waals surface area contributed by atoms with Gasteiger partial charge in [-0.05, 0) is 4.90 Å². The van der Waals surface area contributed by atoms with Gasteiger partial charge in [0.2, 0.25) is 11.0 Å². The zero-order valence-electron chi connectivity index (χ0n) is 5.62. The summed E-state index contributed by atoms with van der Waals surface area (Å²) < 4.78 is 4.32. The van der Waals surface area contributed by atoms with E-state index in [4.69, 9.17) is 23.2 Å². The van der Waals surface area contributed by atoms with Gasteiger partial charge >= 0.3 is 0 Å². The van der Waals surface area contributed by atoms with Crippen LogP contribution in [-0.4, -0.2) is 5.16 Å². The molecule has 0 saturated heterocycles. The predicted octanol–water partition coefficient (Wildman–Crippen LogP) is 1.77. The normalized spacial score (nSPS) is 10.8. The van der Waals surface area contributed by atoms with Crippen molar-refractivity contribution in [3.05, 3.63) is 27.4 Å². The van der Waals surface area contributed by atoms with Gasteiger partial charge in [0.15, 0.2) is 0 Å². The Bertz CT molecular complexity index is 440. The number of benzene rings is 1. The van der Waals surface area contributed by atoms with Gasteiger partial charge in [0.25, 0.3) is 0 Å². The minimum atomic E-state index is 0.268. The van der Waals surface area contributed by atoms with Gasteiger partial charge in [0, 0.05) is 17.3 Å². The number of hydrogen-bond acceptors (Lipinski definition) is 3. The van der Waals surface area contributed by atoms with Crippen molar-refractivity contribution in [1.29, 1.82) is 0 Å². The lowest BCUT2D eigenvalue weighted by atomic mass is 10.3. The Morgan fingerprint density at radius 2 is 2.00 bits per heavy atom. The van der Waals surface area contributed by atoms with E-state index in [2.05, 4.69) is 9.79 Å². The van der Waals surface area contributed by atoms with E-state index >= 15 is 0 Å². The first kappa shape index (κ1) is 7.64. The quantitative estimate of drug-likeness (QED) is 0.615. The second kappa shape index (κ2) is 2.50. The maximum atomic E-state index is 10.8. The lowest BCUT2D eigenvalue weighted by Gasteiger charge is -1.90. The van der Waals surface area contributed by atoms with Crippen molar-refractivity contribution < 1.29 is 9.53 Å². The van der Waals surface area contributed by atoms with Gasteiger partial charge in [-0.2, -0.15) is 0 Å². The number of hydrogen-bond donors (Lipinski definition) is 0. The van der Waals surface area contributed by atoms with Gasteiger partial charge in [-0.25, -0.2) is 0 Å². The Hall–Kier alpha value is -1.000. The molecular formula is C6H2Cl2N2O2. The van der Waals surface area contributed by atoms with Crippen LogP contribution in [0.15, 0.2) is 16.8 Å². The largest absolute Gasteiger partial charge is 0.359 e. The molecule has 1 aromatic carbocycles. The van der Waals surface area contributed by atoms with Crippen molar-refractivity contribution in [3.8, 4) is 0 Å². The fraction of sp³-hybridized carbons (Fsp3) is 0. The molecule has 0 aliphatic rings. The summed E-state index contributed by atoms with van der Waals surface area (Å²) in [6.07, 6.45) is 0. The highest BCUT2D eigenvalue weighted by atomic mass is 35.5. The van der Waals surface area contributed by atoms with Crippen LogP contribution in [0.4, 0.5) is 0 Å². The number of halogens is 2. The van der Waals surface area contributed by atoms with Gasteiger partial charge in [0.1, 0.15) is 0 Å². The summed E-state index contributed by atoms with van der Waals surface area (Å²) in [7, 11) is 0. The van der Waals surface area contributed by atoms with E-state index in [1.54, 1.807) is 0 Å². The van der Waals surface area contributed by atoms with Crippen molar-refractivity contribution in [2.75, 3.05) is 0 Å². The van der Waals surface area contributed by atoms with Crippen LogP contribution < -0.4 is 4.90 Å². The molecule has 2 aromatic rings. The minimum absolute atomic E-state index is 0.268. The standard InChI is InChI=1S/C6H2Cl2N2O2/c7-3-1-5-6(2-4(3)8)10(11)12-9-5/h1-2H. The summed E-state index contributed by atoms with van der Waals surface area (Å²) in [6.45, 7) is 0. The molecule has 1 aromatic heterocycles. The lowest BCUT2D eigenvalue weighted by Crippen LogP contribution is -2.22. The van der Waals surface area contributed by atoms with Gasteiger partial charge in [-0.15, -0.1) is 0 Å². The highest BCUT2D eigenvalue weighted by Gasteiger charge is 2.11. The molecule has 0 fully saturated rings. The third-order valence-electron chi connectivity index (χ3n) is 1.43.